The van der Waals surface area contributed by atoms with Gasteiger partial charge in [-0.25, -0.2) is 0 Å². The number of carbonyl (C=O) groups is 1. The molecule has 1 amide bonds. The minimum atomic E-state index is -0.0289. The predicted octanol–water partition coefficient (Wildman–Crippen LogP) is 4.32. The molecule has 1 unspecified atom stereocenters. The average Bonchev–Trinajstić information content (AvgIpc) is 3.11. The molecule has 0 bridgehead atoms. The highest BCUT2D eigenvalue weighted by Crippen LogP contribution is 2.25. The van der Waals surface area contributed by atoms with Crippen LogP contribution in [-0.2, 0) is 0 Å². The molecule has 0 saturated carbocycles. The van der Waals surface area contributed by atoms with Gasteiger partial charge in [0, 0.05) is 11.0 Å². The summed E-state index contributed by atoms with van der Waals surface area (Å²) in [6.07, 6.45) is 2.47. The molecule has 1 fully saturated rings. The monoisotopic (exact) mass is 386 g/mol. The number of hydrogen-bond donors (Lipinski definition) is 1. The molecule has 0 spiro atoms. The minimum Gasteiger partial charge on any atom is -0.350 e. The number of nitrogens with one attached hydrogen (secondary N) is 1. The molecule has 2 aromatic rings. The molecule has 0 radical (unpaired) electrons. The van der Waals surface area contributed by atoms with Crippen molar-refractivity contribution in [2.45, 2.75) is 25.8 Å². The van der Waals surface area contributed by atoms with Crippen LogP contribution in [0.3, 0.4) is 0 Å². The van der Waals surface area contributed by atoms with E-state index in [9.17, 15) is 4.79 Å². The number of benzene rings is 2. The molecule has 1 atom stereocenters. The van der Waals surface area contributed by atoms with Gasteiger partial charge in [-0.2, -0.15) is 0 Å². The van der Waals surface area contributed by atoms with Crippen molar-refractivity contribution in [3.05, 3.63) is 69.7 Å². The van der Waals surface area contributed by atoms with Gasteiger partial charge in [-0.1, -0.05) is 42.0 Å². The number of likely N-dealkylation sites (tertiary alicyclic amines) is 1. The van der Waals surface area contributed by atoms with E-state index in [1.54, 1.807) is 0 Å². The number of rotatable bonds is 5. The largest absolute Gasteiger partial charge is 0.350 e. The quantitative estimate of drug-likeness (QED) is 0.829. The normalized spacial score (nSPS) is 16.1. The van der Waals surface area contributed by atoms with Crippen molar-refractivity contribution in [2.75, 3.05) is 19.6 Å². The fraction of sp³-hybridized carbons (Fsp3) is 0.350. The highest BCUT2D eigenvalue weighted by molar-refractivity contribution is 9.10. The van der Waals surface area contributed by atoms with E-state index in [0.29, 0.717) is 12.1 Å². The van der Waals surface area contributed by atoms with Crippen LogP contribution in [0.5, 0.6) is 0 Å². The van der Waals surface area contributed by atoms with Crippen molar-refractivity contribution < 1.29 is 4.79 Å². The Labute approximate surface area is 152 Å². The molecule has 3 nitrogen and oxygen atoms in total. The van der Waals surface area contributed by atoms with Crippen LogP contribution in [0.25, 0.3) is 0 Å². The first-order valence-electron chi connectivity index (χ1n) is 8.48. The van der Waals surface area contributed by atoms with Crippen LogP contribution in [-0.4, -0.2) is 30.4 Å². The summed E-state index contributed by atoms with van der Waals surface area (Å²) in [6.45, 7) is 4.93. The van der Waals surface area contributed by atoms with Crippen LogP contribution in [0.4, 0.5) is 0 Å². The fourth-order valence-electron chi connectivity index (χ4n) is 3.23. The Morgan fingerprint density at radius 3 is 2.46 bits per heavy atom. The molecule has 1 aliphatic rings. The third kappa shape index (κ3) is 4.05. The maximum Gasteiger partial charge on any atom is 0.252 e. The van der Waals surface area contributed by atoms with Crippen LogP contribution in [0.15, 0.2) is 53.0 Å². The van der Waals surface area contributed by atoms with E-state index >= 15 is 0 Å². The highest BCUT2D eigenvalue weighted by Gasteiger charge is 2.24. The zero-order valence-electron chi connectivity index (χ0n) is 14.0. The minimum absolute atomic E-state index is 0.0289. The number of amides is 1. The van der Waals surface area contributed by atoms with Gasteiger partial charge in [-0.3, -0.25) is 9.69 Å². The van der Waals surface area contributed by atoms with Crippen molar-refractivity contribution in [1.29, 1.82) is 0 Å². The Bertz CT molecular complexity index is 693. The van der Waals surface area contributed by atoms with E-state index in [1.807, 2.05) is 24.3 Å². The van der Waals surface area contributed by atoms with Gasteiger partial charge < -0.3 is 5.32 Å². The van der Waals surface area contributed by atoms with Crippen molar-refractivity contribution in [3.63, 3.8) is 0 Å². The Morgan fingerprint density at radius 2 is 1.79 bits per heavy atom. The van der Waals surface area contributed by atoms with Gasteiger partial charge in [-0.05, 0) is 66.5 Å². The third-order valence-corrected chi connectivity index (χ3v) is 5.31. The Kier molecular flexibility index (Phi) is 5.69. The molecule has 4 heteroatoms. The van der Waals surface area contributed by atoms with E-state index in [2.05, 4.69) is 57.3 Å². The average molecular weight is 387 g/mol. The third-order valence-electron chi connectivity index (χ3n) is 4.62. The summed E-state index contributed by atoms with van der Waals surface area (Å²) in [7, 11) is 0. The molecule has 126 valence electrons. The van der Waals surface area contributed by atoms with Crippen molar-refractivity contribution >= 4 is 21.8 Å². The summed E-state index contributed by atoms with van der Waals surface area (Å²) in [5.41, 5.74) is 3.22. The molecule has 0 aliphatic carbocycles. The predicted molar refractivity (Wildman–Crippen MR) is 101 cm³/mol. The molecule has 1 N–H and O–H groups in total. The van der Waals surface area contributed by atoms with Gasteiger partial charge in [0.15, 0.2) is 0 Å². The second-order valence-corrected chi connectivity index (χ2v) is 7.21. The van der Waals surface area contributed by atoms with Gasteiger partial charge in [0.2, 0.25) is 0 Å². The van der Waals surface area contributed by atoms with Crippen LogP contribution >= 0.6 is 15.9 Å². The number of hydrogen-bond acceptors (Lipinski definition) is 2. The lowest BCUT2D eigenvalue weighted by atomic mass is 10.0. The molecule has 0 aromatic heterocycles. The van der Waals surface area contributed by atoms with Crippen LogP contribution in [0.2, 0.25) is 0 Å². The van der Waals surface area contributed by atoms with Gasteiger partial charge in [0.25, 0.3) is 5.91 Å². The first kappa shape index (κ1) is 17.2. The van der Waals surface area contributed by atoms with E-state index in [1.165, 1.54) is 24.0 Å². The first-order valence-corrected chi connectivity index (χ1v) is 9.28. The van der Waals surface area contributed by atoms with Gasteiger partial charge in [0.1, 0.15) is 0 Å². The SMILES string of the molecule is Cc1ccc(C(CNC(=O)c2ccccc2Br)N2CCCC2)cc1. The van der Waals surface area contributed by atoms with E-state index in [4.69, 9.17) is 0 Å². The van der Waals surface area contributed by atoms with Crippen LogP contribution in [0.1, 0.15) is 40.4 Å². The second-order valence-electron chi connectivity index (χ2n) is 6.36. The Balaban J connectivity index is 1.73. The molecule has 1 saturated heterocycles. The van der Waals surface area contributed by atoms with E-state index in [0.717, 1.165) is 17.6 Å². The topological polar surface area (TPSA) is 32.3 Å². The standard InChI is InChI=1S/C20H23BrN2O/c1-15-8-10-16(11-9-15)19(23-12-4-5-13-23)14-22-20(24)17-6-2-3-7-18(17)21/h2-3,6-11,19H,4-5,12-14H2,1H3,(H,22,24). The second kappa shape index (κ2) is 7.95. The lowest BCUT2D eigenvalue weighted by Crippen LogP contribution is -2.36. The lowest BCUT2D eigenvalue weighted by molar-refractivity contribution is 0.0937. The molecule has 1 aliphatic heterocycles. The molecule has 1 heterocycles. The lowest BCUT2D eigenvalue weighted by Gasteiger charge is -2.28. The Hall–Kier alpha value is -1.65. The maximum absolute atomic E-state index is 12.5. The molecular weight excluding hydrogens is 364 g/mol. The highest BCUT2D eigenvalue weighted by atomic mass is 79.9. The zero-order chi connectivity index (χ0) is 16.9. The number of nitrogens with zero attached hydrogens (tertiary/aromatic N) is 1. The van der Waals surface area contributed by atoms with Gasteiger partial charge in [-0.15, -0.1) is 0 Å². The number of carbonyl (C=O) groups excluding carboxylic acids is 1. The van der Waals surface area contributed by atoms with E-state index in [-0.39, 0.29) is 11.9 Å². The fourth-order valence-corrected chi connectivity index (χ4v) is 3.69. The number of halogens is 1. The zero-order valence-corrected chi connectivity index (χ0v) is 15.6. The van der Waals surface area contributed by atoms with Crippen molar-refractivity contribution in [2.24, 2.45) is 0 Å². The Morgan fingerprint density at radius 1 is 1.12 bits per heavy atom. The smallest absolute Gasteiger partial charge is 0.252 e. The molecule has 3 rings (SSSR count). The van der Waals surface area contributed by atoms with Crippen LogP contribution < -0.4 is 5.32 Å². The number of aryl methyl sites for hydroxylation is 1. The summed E-state index contributed by atoms with van der Waals surface area (Å²) in [5, 5.41) is 3.12. The maximum atomic E-state index is 12.5. The molecular formula is C20H23BrN2O. The van der Waals surface area contributed by atoms with E-state index < -0.39 is 0 Å². The van der Waals surface area contributed by atoms with Crippen LogP contribution in [0, 0.1) is 6.92 Å². The molecule has 24 heavy (non-hydrogen) atoms. The first-order chi connectivity index (χ1) is 11.6. The van der Waals surface area contributed by atoms with Gasteiger partial charge >= 0.3 is 0 Å². The summed E-state index contributed by atoms with van der Waals surface area (Å²) < 4.78 is 0.829. The molecule has 2 aromatic carbocycles. The summed E-state index contributed by atoms with van der Waals surface area (Å²) in [4.78, 5) is 15.0. The van der Waals surface area contributed by atoms with Crippen molar-refractivity contribution in [1.82, 2.24) is 10.2 Å². The summed E-state index contributed by atoms with van der Waals surface area (Å²) in [5.74, 6) is -0.0289. The van der Waals surface area contributed by atoms with Gasteiger partial charge in [0.05, 0.1) is 11.6 Å². The van der Waals surface area contributed by atoms with Crippen molar-refractivity contribution in [3.8, 4) is 0 Å². The summed E-state index contributed by atoms with van der Waals surface area (Å²) >= 11 is 3.45. The summed E-state index contributed by atoms with van der Waals surface area (Å²) in [6, 6.07) is 16.4.